The number of aryl methyl sites for hydroxylation is 1. The second kappa shape index (κ2) is 12.5. The molecule has 1 aromatic heterocycles. The number of amides is 3. The van der Waals surface area contributed by atoms with Gasteiger partial charge in [0.1, 0.15) is 17.7 Å². The van der Waals surface area contributed by atoms with Crippen molar-refractivity contribution < 1.29 is 23.9 Å². The third-order valence-electron chi connectivity index (χ3n) is 4.69. The van der Waals surface area contributed by atoms with Crippen LogP contribution in [0.25, 0.3) is 0 Å². The minimum absolute atomic E-state index is 0.0526. The smallest absolute Gasteiger partial charge is 0.414 e. The normalized spacial score (nSPS) is 14.2. The highest BCUT2D eigenvalue weighted by atomic mass is 16.6. The van der Waals surface area contributed by atoms with Crippen LogP contribution in [0.15, 0.2) is 11.2 Å². The largest absolute Gasteiger partial charge is 0.444 e. The summed E-state index contributed by atoms with van der Waals surface area (Å²) in [6.45, 7) is 12.5. The standard InChI is InChI=1S/C23H39N7O5/c1-22(2,3)34-20(32)25-19(26-21(33)35-23(4,5)6)24-12-10-11-17-15-30(28-27-17)16-18(31)29-13-8-7-9-14-29/h15H,7-14,16H2,1-6H3,(H2,24,25,26,32,33). The van der Waals surface area contributed by atoms with Crippen molar-refractivity contribution >= 4 is 24.1 Å². The number of aromatic nitrogens is 3. The van der Waals surface area contributed by atoms with E-state index in [1.165, 1.54) is 6.42 Å². The third-order valence-corrected chi connectivity index (χ3v) is 4.69. The van der Waals surface area contributed by atoms with Gasteiger partial charge in [0, 0.05) is 25.8 Å². The molecule has 2 N–H and O–H groups in total. The highest BCUT2D eigenvalue weighted by Crippen LogP contribution is 2.10. The molecule has 1 saturated heterocycles. The average molecular weight is 494 g/mol. The minimum atomic E-state index is -0.742. The van der Waals surface area contributed by atoms with Crippen LogP contribution in [-0.4, -0.2) is 74.8 Å². The molecule has 2 rings (SSSR count). The van der Waals surface area contributed by atoms with Crippen LogP contribution in [0.1, 0.15) is 72.9 Å². The molecule has 0 bridgehead atoms. The number of likely N-dealkylation sites (tertiary alicyclic amines) is 1. The number of nitrogens with one attached hydrogen (secondary N) is 2. The van der Waals surface area contributed by atoms with E-state index in [0.717, 1.165) is 31.6 Å². The molecule has 0 spiro atoms. The lowest BCUT2D eigenvalue weighted by atomic mass is 10.1. The lowest BCUT2D eigenvalue weighted by Gasteiger charge is -2.26. The van der Waals surface area contributed by atoms with Gasteiger partial charge in [0.2, 0.25) is 11.9 Å². The molecule has 35 heavy (non-hydrogen) atoms. The lowest BCUT2D eigenvalue weighted by molar-refractivity contribution is -0.132. The molecule has 0 aromatic carbocycles. The number of carbonyl (C=O) groups is 3. The van der Waals surface area contributed by atoms with Gasteiger partial charge in [-0.2, -0.15) is 0 Å². The molecule has 1 aromatic rings. The molecular formula is C23H39N7O5. The molecule has 12 nitrogen and oxygen atoms in total. The predicted molar refractivity (Wildman–Crippen MR) is 130 cm³/mol. The van der Waals surface area contributed by atoms with Crippen LogP contribution >= 0.6 is 0 Å². The van der Waals surface area contributed by atoms with Crippen LogP contribution in [0, 0.1) is 0 Å². The molecule has 1 aliphatic rings. The van der Waals surface area contributed by atoms with E-state index in [0.29, 0.717) is 19.4 Å². The number of guanidine groups is 1. The minimum Gasteiger partial charge on any atom is -0.444 e. The molecule has 0 radical (unpaired) electrons. The van der Waals surface area contributed by atoms with E-state index >= 15 is 0 Å². The van der Waals surface area contributed by atoms with Gasteiger partial charge < -0.3 is 14.4 Å². The van der Waals surface area contributed by atoms with Gasteiger partial charge in [0.05, 0.1) is 5.69 Å². The van der Waals surface area contributed by atoms with E-state index < -0.39 is 23.4 Å². The number of alkyl carbamates (subject to hydrolysis) is 2. The fourth-order valence-electron chi connectivity index (χ4n) is 3.27. The highest BCUT2D eigenvalue weighted by Gasteiger charge is 2.21. The molecule has 3 amide bonds. The van der Waals surface area contributed by atoms with Crippen molar-refractivity contribution in [1.29, 1.82) is 0 Å². The van der Waals surface area contributed by atoms with Crippen LogP contribution in [-0.2, 0) is 27.2 Å². The van der Waals surface area contributed by atoms with Gasteiger partial charge in [0.15, 0.2) is 0 Å². The summed E-state index contributed by atoms with van der Waals surface area (Å²) in [6, 6.07) is 0. The van der Waals surface area contributed by atoms with Gasteiger partial charge in [-0.05, 0) is 73.6 Å². The molecule has 0 aliphatic carbocycles. The summed E-state index contributed by atoms with van der Waals surface area (Å²) >= 11 is 0. The first kappa shape index (κ1) is 28.1. The van der Waals surface area contributed by atoms with E-state index in [1.54, 1.807) is 52.4 Å². The van der Waals surface area contributed by atoms with E-state index in [2.05, 4.69) is 25.9 Å². The number of piperidine rings is 1. The van der Waals surface area contributed by atoms with E-state index in [1.807, 2.05) is 4.90 Å². The Labute approximate surface area is 206 Å². The van der Waals surface area contributed by atoms with Crippen LogP contribution in [0.4, 0.5) is 9.59 Å². The number of hydrogen-bond donors (Lipinski definition) is 2. The number of hydrogen-bond acceptors (Lipinski definition) is 8. The van der Waals surface area contributed by atoms with Gasteiger partial charge in [-0.25, -0.2) is 14.3 Å². The zero-order valence-electron chi connectivity index (χ0n) is 21.7. The van der Waals surface area contributed by atoms with Gasteiger partial charge in [-0.3, -0.25) is 20.4 Å². The molecule has 0 saturated carbocycles. The van der Waals surface area contributed by atoms with E-state index in [4.69, 9.17) is 9.47 Å². The second-order valence-corrected chi connectivity index (χ2v) is 10.4. The Balaban J connectivity index is 1.88. The Hall–Kier alpha value is -3.18. The molecule has 12 heteroatoms. The molecule has 0 unspecified atom stereocenters. The molecule has 196 valence electrons. The number of carbonyl (C=O) groups excluding carboxylic acids is 3. The van der Waals surface area contributed by atoms with Crippen molar-refractivity contribution in [2.75, 3.05) is 19.6 Å². The first-order chi connectivity index (χ1) is 16.3. The van der Waals surface area contributed by atoms with Gasteiger partial charge >= 0.3 is 12.2 Å². The topological polar surface area (TPSA) is 140 Å². The predicted octanol–water partition coefficient (Wildman–Crippen LogP) is 2.63. The Morgan fingerprint density at radius 2 is 1.54 bits per heavy atom. The van der Waals surface area contributed by atoms with Crippen molar-refractivity contribution in [3.8, 4) is 0 Å². The van der Waals surface area contributed by atoms with E-state index in [9.17, 15) is 14.4 Å². The summed E-state index contributed by atoms with van der Waals surface area (Å²) in [4.78, 5) is 42.8. The van der Waals surface area contributed by atoms with Crippen LogP contribution in [0.3, 0.4) is 0 Å². The zero-order valence-corrected chi connectivity index (χ0v) is 21.7. The molecule has 1 fully saturated rings. The van der Waals surface area contributed by atoms with Crippen LogP contribution in [0.2, 0.25) is 0 Å². The number of nitrogens with zero attached hydrogens (tertiary/aromatic N) is 5. The summed E-state index contributed by atoms with van der Waals surface area (Å²) in [7, 11) is 0. The Bertz CT molecular complexity index is 861. The summed E-state index contributed by atoms with van der Waals surface area (Å²) < 4.78 is 12.0. The fraction of sp³-hybridized carbons (Fsp3) is 0.739. The maximum absolute atomic E-state index is 12.4. The quantitative estimate of drug-likeness (QED) is 0.353. The fourth-order valence-corrected chi connectivity index (χ4v) is 3.27. The molecule has 1 aliphatic heterocycles. The van der Waals surface area contributed by atoms with Crippen molar-refractivity contribution in [3.05, 3.63) is 11.9 Å². The number of rotatable bonds is 6. The SMILES string of the molecule is CC(C)(C)OC(=O)NC(=NCCCc1cn(CC(=O)N2CCCCC2)nn1)NC(=O)OC(C)(C)C. The van der Waals surface area contributed by atoms with Crippen molar-refractivity contribution in [1.82, 2.24) is 30.5 Å². The second-order valence-electron chi connectivity index (χ2n) is 10.4. The summed E-state index contributed by atoms with van der Waals surface area (Å²) in [5.74, 6) is -0.0129. The summed E-state index contributed by atoms with van der Waals surface area (Å²) in [6.07, 6.45) is 4.67. The first-order valence-corrected chi connectivity index (χ1v) is 12.0. The van der Waals surface area contributed by atoms with Crippen LogP contribution < -0.4 is 10.6 Å². The lowest BCUT2D eigenvalue weighted by Crippen LogP contribution is -2.47. The van der Waals surface area contributed by atoms with Gasteiger partial charge in [0.25, 0.3) is 0 Å². The van der Waals surface area contributed by atoms with Crippen molar-refractivity contribution in [2.24, 2.45) is 4.99 Å². The Morgan fingerprint density at radius 1 is 0.971 bits per heavy atom. The Morgan fingerprint density at radius 3 is 2.09 bits per heavy atom. The van der Waals surface area contributed by atoms with Crippen molar-refractivity contribution in [3.63, 3.8) is 0 Å². The zero-order chi connectivity index (χ0) is 26.1. The third kappa shape index (κ3) is 11.7. The molecule has 2 heterocycles. The monoisotopic (exact) mass is 493 g/mol. The average Bonchev–Trinajstić information content (AvgIpc) is 3.16. The maximum atomic E-state index is 12.4. The maximum Gasteiger partial charge on any atom is 0.414 e. The molecular weight excluding hydrogens is 454 g/mol. The van der Waals surface area contributed by atoms with Gasteiger partial charge in [-0.1, -0.05) is 5.21 Å². The summed E-state index contributed by atoms with van der Waals surface area (Å²) in [5, 5.41) is 13.1. The first-order valence-electron chi connectivity index (χ1n) is 12.0. The van der Waals surface area contributed by atoms with Crippen molar-refractivity contribution in [2.45, 2.75) is 91.4 Å². The number of ether oxygens (including phenoxy) is 2. The summed E-state index contributed by atoms with van der Waals surface area (Å²) in [5.41, 5.74) is -0.682. The highest BCUT2D eigenvalue weighted by molar-refractivity contribution is 6.01. The number of aliphatic imine (C=N–C) groups is 1. The Kier molecular flexibility index (Phi) is 10.0. The van der Waals surface area contributed by atoms with Crippen LogP contribution in [0.5, 0.6) is 0 Å². The molecule has 0 atom stereocenters. The van der Waals surface area contributed by atoms with E-state index in [-0.39, 0.29) is 18.4 Å². The van der Waals surface area contributed by atoms with Gasteiger partial charge in [-0.15, -0.1) is 5.10 Å².